The zero-order chi connectivity index (χ0) is 10.7. The Labute approximate surface area is 90.9 Å². The van der Waals surface area contributed by atoms with Gasteiger partial charge in [-0.25, -0.2) is 0 Å². The van der Waals surface area contributed by atoms with Crippen molar-refractivity contribution in [1.29, 1.82) is 0 Å². The van der Waals surface area contributed by atoms with Gasteiger partial charge >= 0.3 is 0 Å². The summed E-state index contributed by atoms with van der Waals surface area (Å²) in [7, 11) is 0. The van der Waals surface area contributed by atoms with Crippen LogP contribution in [0.2, 0.25) is 0 Å². The maximum absolute atomic E-state index is 6.08. The quantitative estimate of drug-likeness (QED) is 0.679. The Morgan fingerprint density at radius 2 is 1.33 bits per heavy atom. The summed E-state index contributed by atoms with van der Waals surface area (Å²) >= 11 is 0. The van der Waals surface area contributed by atoms with Gasteiger partial charge in [-0.15, -0.1) is 0 Å². The fourth-order valence-electron chi connectivity index (χ4n) is 1.52. The van der Waals surface area contributed by atoms with Gasteiger partial charge in [-0.05, 0) is 23.6 Å². The summed E-state index contributed by atoms with van der Waals surface area (Å²) in [6.07, 6.45) is 0. The van der Waals surface area contributed by atoms with Crippen LogP contribution in [-0.4, -0.2) is 0 Å². The van der Waals surface area contributed by atoms with Crippen LogP contribution in [0.4, 0.5) is 0 Å². The van der Waals surface area contributed by atoms with Crippen molar-refractivity contribution in [2.24, 2.45) is 0 Å². The van der Waals surface area contributed by atoms with Gasteiger partial charge in [0.25, 0.3) is 0 Å². The first kappa shape index (κ1) is 9.72. The molecule has 0 bridgehead atoms. The van der Waals surface area contributed by atoms with Crippen molar-refractivity contribution in [1.82, 2.24) is 0 Å². The Kier molecular flexibility index (Phi) is 2.68. The second kappa shape index (κ2) is 4.14. The third-order valence-electron chi connectivity index (χ3n) is 2.45. The highest BCUT2D eigenvalue weighted by molar-refractivity contribution is 5.76. The van der Waals surface area contributed by atoms with Gasteiger partial charge in [0.2, 0.25) is 0 Å². The van der Waals surface area contributed by atoms with Gasteiger partial charge in [-0.3, -0.25) is 0 Å². The van der Waals surface area contributed by atoms with Gasteiger partial charge in [-0.1, -0.05) is 66.7 Å². The average Bonchev–Trinajstić information content (AvgIpc) is 2.30. The Balaban J connectivity index is 2.33. The van der Waals surface area contributed by atoms with Gasteiger partial charge in [0.1, 0.15) is 0 Å². The second-order valence-corrected chi connectivity index (χ2v) is 3.65. The lowest BCUT2D eigenvalue weighted by atomic mass is 9.99. The molecule has 0 aliphatic heterocycles. The van der Waals surface area contributed by atoms with Crippen LogP contribution < -0.4 is 0 Å². The molecule has 0 unspecified atom stereocenters. The molecule has 0 amide bonds. The average molecular weight is 193 g/mol. The summed E-state index contributed by atoms with van der Waals surface area (Å²) < 4.78 is 0. The highest BCUT2D eigenvalue weighted by atomic mass is 14.0. The Bertz CT molecular complexity index is 449. The van der Waals surface area contributed by atoms with E-state index < -0.39 is 0 Å². The summed E-state index contributed by atoms with van der Waals surface area (Å²) in [6, 6.07) is 18.3. The highest BCUT2D eigenvalue weighted by Crippen LogP contribution is 2.20. The molecule has 1 radical (unpaired) electrons. The maximum Gasteiger partial charge on any atom is -0.0111 e. The van der Waals surface area contributed by atoms with E-state index in [0.29, 0.717) is 0 Å². The third-order valence-corrected chi connectivity index (χ3v) is 2.45. The van der Waals surface area contributed by atoms with Crippen LogP contribution in [0.5, 0.6) is 0 Å². The molecule has 0 heterocycles. The van der Waals surface area contributed by atoms with Crippen LogP contribution in [0.1, 0.15) is 16.7 Å². The molecule has 73 valence electrons. The number of aryl methyl sites for hydroxylation is 1. The first-order valence-electron chi connectivity index (χ1n) is 5.02. The molecule has 0 fully saturated rings. The van der Waals surface area contributed by atoms with Crippen molar-refractivity contribution in [2.75, 3.05) is 0 Å². The topological polar surface area (TPSA) is 0 Å². The minimum atomic E-state index is 0.829. The van der Waals surface area contributed by atoms with E-state index in [-0.39, 0.29) is 0 Å². The van der Waals surface area contributed by atoms with Crippen LogP contribution in [0.15, 0.2) is 54.6 Å². The molecular weight excluding hydrogens is 180 g/mol. The molecule has 0 N–H and O–H groups in total. The van der Waals surface area contributed by atoms with E-state index in [2.05, 4.69) is 31.2 Å². The van der Waals surface area contributed by atoms with Crippen molar-refractivity contribution in [3.63, 3.8) is 0 Å². The van der Waals surface area contributed by atoms with Crippen molar-refractivity contribution in [2.45, 2.75) is 6.92 Å². The maximum atomic E-state index is 6.08. The second-order valence-electron chi connectivity index (χ2n) is 3.65. The number of rotatable bonds is 2. The van der Waals surface area contributed by atoms with Crippen molar-refractivity contribution >= 4 is 5.57 Å². The fourth-order valence-corrected chi connectivity index (χ4v) is 1.52. The van der Waals surface area contributed by atoms with Crippen molar-refractivity contribution in [3.05, 3.63) is 77.9 Å². The van der Waals surface area contributed by atoms with E-state index in [1.54, 1.807) is 0 Å². The molecule has 0 aliphatic rings. The van der Waals surface area contributed by atoms with Crippen LogP contribution in [-0.2, 0) is 0 Å². The molecule has 0 saturated carbocycles. The summed E-state index contributed by atoms with van der Waals surface area (Å²) in [5.74, 6) is 0. The monoisotopic (exact) mass is 193 g/mol. The summed E-state index contributed by atoms with van der Waals surface area (Å²) in [6.45, 7) is 8.15. The molecule has 0 aromatic heterocycles. The molecule has 2 rings (SSSR count). The van der Waals surface area contributed by atoms with E-state index >= 15 is 0 Å². The van der Waals surface area contributed by atoms with E-state index in [4.69, 9.17) is 6.58 Å². The number of hydrogen-bond acceptors (Lipinski definition) is 0. The SMILES string of the molecule is [CH]=C(c1ccccc1)c1ccc(C)cc1. The lowest BCUT2D eigenvalue weighted by Gasteiger charge is -2.05. The van der Waals surface area contributed by atoms with Gasteiger partial charge in [0.05, 0.1) is 0 Å². The van der Waals surface area contributed by atoms with Crippen LogP contribution in [0.25, 0.3) is 5.57 Å². The Morgan fingerprint density at radius 1 is 0.800 bits per heavy atom. The summed E-state index contributed by atoms with van der Waals surface area (Å²) in [5, 5.41) is 0. The largest absolute Gasteiger partial charge is 0.0622 e. The normalized spacial score (nSPS) is 9.93. The summed E-state index contributed by atoms with van der Waals surface area (Å²) in [4.78, 5) is 0. The standard InChI is InChI=1S/C15H13/c1-12-8-10-15(11-9-12)13(2)14-6-4-3-5-7-14/h2-11H,1H3. The summed E-state index contributed by atoms with van der Waals surface area (Å²) in [5.41, 5.74) is 4.23. The predicted molar refractivity (Wildman–Crippen MR) is 64.4 cm³/mol. The first-order valence-corrected chi connectivity index (χ1v) is 5.02. The van der Waals surface area contributed by atoms with Gasteiger partial charge in [0.15, 0.2) is 0 Å². The highest BCUT2D eigenvalue weighted by Gasteiger charge is 2.00. The molecule has 2 aromatic carbocycles. The first-order chi connectivity index (χ1) is 7.27. The zero-order valence-corrected chi connectivity index (χ0v) is 8.77. The molecule has 0 spiro atoms. The predicted octanol–water partition coefficient (Wildman–Crippen LogP) is 3.86. The molecular formula is C15H13. The lowest BCUT2D eigenvalue weighted by Crippen LogP contribution is -1.85. The third kappa shape index (κ3) is 2.16. The fraction of sp³-hybridized carbons (Fsp3) is 0.0667. The van der Waals surface area contributed by atoms with Crippen molar-refractivity contribution < 1.29 is 0 Å². The smallest absolute Gasteiger partial charge is 0.0111 e. The lowest BCUT2D eigenvalue weighted by molar-refractivity contribution is 1.45. The Hall–Kier alpha value is -1.82. The molecule has 0 aliphatic carbocycles. The molecule has 0 atom stereocenters. The van der Waals surface area contributed by atoms with E-state index in [0.717, 1.165) is 16.7 Å². The van der Waals surface area contributed by atoms with Crippen molar-refractivity contribution in [3.8, 4) is 0 Å². The number of benzene rings is 2. The van der Waals surface area contributed by atoms with Gasteiger partial charge in [-0.2, -0.15) is 0 Å². The molecule has 0 heteroatoms. The van der Waals surface area contributed by atoms with Crippen LogP contribution >= 0.6 is 0 Å². The molecule has 2 aromatic rings. The molecule has 0 nitrogen and oxygen atoms in total. The van der Waals surface area contributed by atoms with Gasteiger partial charge < -0.3 is 0 Å². The van der Waals surface area contributed by atoms with E-state index in [1.807, 2.05) is 30.3 Å². The molecule has 15 heavy (non-hydrogen) atoms. The molecule has 0 saturated heterocycles. The minimum Gasteiger partial charge on any atom is -0.0622 e. The van der Waals surface area contributed by atoms with E-state index in [9.17, 15) is 0 Å². The van der Waals surface area contributed by atoms with Crippen LogP contribution in [0.3, 0.4) is 0 Å². The van der Waals surface area contributed by atoms with E-state index in [1.165, 1.54) is 5.56 Å². The zero-order valence-electron chi connectivity index (χ0n) is 8.77. The van der Waals surface area contributed by atoms with Crippen LogP contribution in [0, 0.1) is 13.5 Å². The minimum absolute atomic E-state index is 0.829. The number of hydrogen-bond donors (Lipinski definition) is 0. The Morgan fingerprint density at radius 3 is 1.93 bits per heavy atom. The van der Waals surface area contributed by atoms with Gasteiger partial charge in [0, 0.05) is 0 Å².